The number of hydrogen-bond acceptors (Lipinski definition) is 2. The summed E-state index contributed by atoms with van der Waals surface area (Å²) in [6, 6.07) is 8.36. The standard InChI is InChI=1S/C17H29NO/c1-4-6-7-8-9-14(3)19-16-12-10-15(11-13-16)17(18)5-2/h10-14,17H,4-9,18H2,1-3H3. The monoisotopic (exact) mass is 263 g/mol. The molecule has 0 spiro atoms. The van der Waals surface area contributed by atoms with E-state index < -0.39 is 0 Å². The Kier molecular flexibility index (Phi) is 7.57. The molecule has 1 aromatic carbocycles. The molecule has 0 heterocycles. The maximum Gasteiger partial charge on any atom is 0.119 e. The van der Waals surface area contributed by atoms with Gasteiger partial charge >= 0.3 is 0 Å². The van der Waals surface area contributed by atoms with E-state index in [0.29, 0.717) is 6.10 Å². The van der Waals surface area contributed by atoms with Gasteiger partial charge in [-0.05, 0) is 43.9 Å². The summed E-state index contributed by atoms with van der Waals surface area (Å²) in [5.41, 5.74) is 7.18. The van der Waals surface area contributed by atoms with E-state index in [1.54, 1.807) is 0 Å². The first-order valence-corrected chi connectivity index (χ1v) is 7.69. The second-order valence-corrected chi connectivity index (χ2v) is 5.36. The van der Waals surface area contributed by atoms with Crippen LogP contribution in [0.1, 0.15) is 70.9 Å². The minimum atomic E-state index is 0.139. The van der Waals surface area contributed by atoms with Crippen LogP contribution in [0.25, 0.3) is 0 Å². The Hall–Kier alpha value is -1.02. The third-order valence-corrected chi connectivity index (χ3v) is 3.55. The minimum absolute atomic E-state index is 0.139. The topological polar surface area (TPSA) is 35.2 Å². The molecule has 0 amide bonds. The van der Waals surface area contributed by atoms with E-state index >= 15 is 0 Å². The molecule has 0 aliphatic heterocycles. The Labute approximate surface area is 118 Å². The van der Waals surface area contributed by atoms with E-state index in [1.165, 1.54) is 31.2 Å². The van der Waals surface area contributed by atoms with Crippen LogP contribution in [0.2, 0.25) is 0 Å². The van der Waals surface area contributed by atoms with Crippen molar-refractivity contribution in [1.82, 2.24) is 0 Å². The summed E-state index contributed by atoms with van der Waals surface area (Å²) in [6.45, 7) is 6.49. The van der Waals surface area contributed by atoms with Crippen molar-refractivity contribution in [1.29, 1.82) is 0 Å². The van der Waals surface area contributed by atoms with Crippen molar-refractivity contribution >= 4 is 0 Å². The van der Waals surface area contributed by atoms with E-state index in [9.17, 15) is 0 Å². The summed E-state index contributed by atoms with van der Waals surface area (Å²) >= 11 is 0. The lowest BCUT2D eigenvalue weighted by Gasteiger charge is -2.16. The third-order valence-electron chi connectivity index (χ3n) is 3.55. The predicted octanol–water partition coefficient (Wildman–Crippen LogP) is 4.83. The van der Waals surface area contributed by atoms with Crippen LogP contribution >= 0.6 is 0 Å². The van der Waals surface area contributed by atoms with Crippen molar-refractivity contribution in [3.05, 3.63) is 29.8 Å². The molecule has 2 unspecified atom stereocenters. The van der Waals surface area contributed by atoms with Crippen LogP contribution in [0.4, 0.5) is 0 Å². The van der Waals surface area contributed by atoms with Gasteiger partial charge in [0.25, 0.3) is 0 Å². The van der Waals surface area contributed by atoms with Gasteiger partial charge in [0, 0.05) is 6.04 Å². The first-order chi connectivity index (χ1) is 9.17. The molecule has 2 N–H and O–H groups in total. The zero-order chi connectivity index (χ0) is 14.1. The van der Waals surface area contributed by atoms with Crippen molar-refractivity contribution in [2.75, 3.05) is 0 Å². The van der Waals surface area contributed by atoms with Crippen LogP contribution in [0.5, 0.6) is 5.75 Å². The smallest absolute Gasteiger partial charge is 0.119 e. The average Bonchev–Trinajstić information content (AvgIpc) is 2.43. The average molecular weight is 263 g/mol. The highest BCUT2D eigenvalue weighted by atomic mass is 16.5. The van der Waals surface area contributed by atoms with Gasteiger partial charge in [0.15, 0.2) is 0 Å². The highest BCUT2D eigenvalue weighted by Gasteiger charge is 2.06. The zero-order valence-corrected chi connectivity index (χ0v) is 12.7. The Morgan fingerprint density at radius 3 is 2.32 bits per heavy atom. The van der Waals surface area contributed by atoms with Crippen LogP contribution < -0.4 is 10.5 Å². The molecular formula is C17H29NO. The molecule has 1 rings (SSSR count). The molecule has 0 aliphatic rings. The van der Waals surface area contributed by atoms with Crippen molar-refractivity contribution in [2.24, 2.45) is 5.73 Å². The predicted molar refractivity (Wildman–Crippen MR) is 82.5 cm³/mol. The fourth-order valence-corrected chi connectivity index (χ4v) is 2.18. The molecule has 0 fully saturated rings. The summed E-state index contributed by atoms with van der Waals surface area (Å²) in [6.07, 6.45) is 7.58. The Balaban J connectivity index is 2.36. The van der Waals surface area contributed by atoms with Gasteiger partial charge in [0.2, 0.25) is 0 Å². The highest BCUT2D eigenvalue weighted by Crippen LogP contribution is 2.20. The van der Waals surface area contributed by atoms with Crippen LogP contribution in [-0.2, 0) is 0 Å². The first kappa shape index (κ1) is 16.0. The second-order valence-electron chi connectivity index (χ2n) is 5.36. The fraction of sp³-hybridized carbons (Fsp3) is 0.647. The van der Waals surface area contributed by atoms with E-state index in [1.807, 2.05) is 12.1 Å². The maximum absolute atomic E-state index is 6.00. The molecule has 2 heteroatoms. The van der Waals surface area contributed by atoms with Crippen molar-refractivity contribution in [3.63, 3.8) is 0 Å². The number of hydrogen-bond donors (Lipinski definition) is 1. The number of rotatable bonds is 9. The second kappa shape index (κ2) is 8.98. The Bertz CT molecular complexity index is 334. The third kappa shape index (κ3) is 6.11. The van der Waals surface area contributed by atoms with Gasteiger partial charge in [-0.1, -0.05) is 45.2 Å². The quantitative estimate of drug-likeness (QED) is 0.647. The maximum atomic E-state index is 6.00. The van der Waals surface area contributed by atoms with Crippen molar-refractivity contribution in [2.45, 2.75) is 71.4 Å². The summed E-state index contributed by atoms with van der Waals surface area (Å²) < 4.78 is 5.92. The molecular weight excluding hydrogens is 234 g/mol. The van der Waals surface area contributed by atoms with E-state index in [-0.39, 0.29) is 6.04 Å². The van der Waals surface area contributed by atoms with Gasteiger partial charge in [-0.2, -0.15) is 0 Å². The van der Waals surface area contributed by atoms with E-state index in [0.717, 1.165) is 18.6 Å². The molecule has 2 nitrogen and oxygen atoms in total. The lowest BCUT2D eigenvalue weighted by atomic mass is 10.1. The van der Waals surface area contributed by atoms with Crippen LogP contribution in [0.3, 0.4) is 0 Å². The van der Waals surface area contributed by atoms with Gasteiger partial charge in [0.1, 0.15) is 5.75 Å². The number of benzene rings is 1. The molecule has 0 radical (unpaired) electrons. The van der Waals surface area contributed by atoms with Crippen LogP contribution in [-0.4, -0.2) is 6.10 Å². The lowest BCUT2D eigenvalue weighted by Crippen LogP contribution is -2.12. The molecule has 0 aromatic heterocycles. The van der Waals surface area contributed by atoms with Gasteiger partial charge in [-0.3, -0.25) is 0 Å². The highest BCUT2D eigenvalue weighted by molar-refractivity contribution is 5.29. The summed E-state index contributed by atoms with van der Waals surface area (Å²) in [4.78, 5) is 0. The van der Waals surface area contributed by atoms with Crippen LogP contribution in [0.15, 0.2) is 24.3 Å². The number of unbranched alkanes of at least 4 members (excludes halogenated alkanes) is 3. The summed E-state index contributed by atoms with van der Waals surface area (Å²) in [5, 5.41) is 0. The van der Waals surface area contributed by atoms with Crippen LogP contribution in [0, 0.1) is 0 Å². The van der Waals surface area contributed by atoms with Crippen molar-refractivity contribution < 1.29 is 4.74 Å². The van der Waals surface area contributed by atoms with E-state index in [2.05, 4.69) is 32.9 Å². The molecule has 2 atom stereocenters. The number of ether oxygens (including phenoxy) is 1. The fourth-order valence-electron chi connectivity index (χ4n) is 2.18. The molecule has 0 bridgehead atoms. The van der Waals surface area contributed by atoms with E-state index in [4.69, 9.17) is 10.5 Å². The molecule has 0 saturated heterocycles. The molecule has 108 valence electrons. The number of nitrogens with two attached hydrogens (primary N) is 1. The van der Waals surface area contributed by atoms with Gasteiger partial charge in [0.05, 0.1) is 6.10 Å². The van der Waals surface area contributed by atoms with Gasteiger partial charge in [-0.25, -0.2) is 0 Å². The van der Waals surface area contributed by atoms with Gasteiger partial charge < -0.3 is 10.5 Å². The SMILES string of the molecule is CCCCCCC(C)Oc1ccc(C(N)CC)cc1. The Morgan fingerprint density at radius 1 is 1.05 bits per heavy atom. The molecule has 0 aliphatic carbocycles. The summed E-state index contributed by atoms with van der Waals surface area (Å²) in [7, 11) is 0. The largest absolute Gasteiger partial charge is 0.491 e. The molecule has 0 saturated carbocycles. The summed E-state index contributed by atoms with van der Waals surface area (Å²) in [5.74, 6) is 0.954. The molecule has 1 aromatic rings. The van der Waals surface area contributed by atoms with Crippen molar-refractivity contribution in [3.8, 4) is 5.75 Å². The zero-order valence-electron chi connectivity index (χ0n) is 12.7. The first-order valence-electron chi connectivity index (χ1n) is 7.69. The minimum Gasteiger partial charge on any atom is -0.491 e. The molecule has 19 heavy (non-hydrogen) atoms. The normalized spacial score (nSPS) is 14.1. The Morgan fingerprint density at radius 2 is 1.74 bits per heavy atom. The van der Waals surface area contributed by atoms with Gasteiger partial charge in [-0.15, -0.1) is 0 Å². The lowest BCUT2D eigenvalue weighted by molar-refractivity contribution is 0.206.